The standard InChI is InChI=1S/C30H37ClN2O5S/c1-37-21-4-7-23(8-5-21)39-17-3-14-33-15-12-30(13-16-33,19-28(35)36)11-10-27(34)29-24-18-22(38-2)6-9-26(24)32-20-25(29)31/h4-9,18,20,27,34H,3,10-17,19H2,1-2H3,(H,35,36)/t27-/m1/s1. The van der Waals surface area contributed by atoms with Gasteiger partial charge in [-0.05, 0) is 105 Å². The van der Waals surface area contributed by atoms with Gasteiger partial charge >= 0.3 is 5.97 Å². The summed E-state index contributed by atoms with van der Waals surface area (Å²) < 4.78 is 10.6. The molecule has 4 rings (SSSR count). The van der Waals surface area contributed by atoms with Crippen molar-refractivity contribution in [2.45, 2.75) is 49.5 Å². The number of fused-ring (bicyclic) bond motifs is 1. The second-order valence-corrected chi connectivity index (χ2v) is 11.8. The van der Waals surface area contributed by atoms with Crippen molar-refractivity contribution in [3.8, 4) is 11.5 Å². The molecule has 1 saturated heterocycles. The highest BCUT2D eigenvalue weighted by atomic mass is 35.5. The maximum Gasteiger partial charge on any atom is 0.303 e. The van der Waals surface area contributed by atoms with Crippen LogP contribution in [0.5, 0.6) is 11.5 Å². The molecule has 9 heteroatoms. The number of aromatic nitrogens is 1. The van der Waals surface area contributed by atoms with Crippen molar-refractivity contribution in [2.75, 3.05) is 39.6 Å². The van der Waals surface area contributed by atoms with Gasteiger partial charge in [-0.25, -0.2) is 0 Å². The lowest BCUT2D eigenvalue weighted by Crippen LogP contribution is -2.41. The Bertz CT molecular complexity index is 1250. The fourth-order valence-corrected chi connectivity index (χ4v) is 6.57. The first-order valence-electron chi connectivity index (χ1n) is 13.3. The van der Waals surface area contributed by atoms with E-state index < -0.39 is 12.1 Å². The van der Waals surface area contributed by atoms with Gasteiger partial charge in [-0.15, -0.1) is 11.8 Å². The maximum absolute atomic E-state index is 11.8. The lowest BCUT2D eigenvalue weighted by molar-refractivity contribution is -0.141. The third kappa shape index (κ3) is 7.78. The van der Waals surface area contributed by atoms with Gasteiger partial charge in [0.15, 0.2) is 0 Å². The van der Waals surface area contributed by atoms with Crippen LogP contribution in [0.25, 0.3) is 10.9 Å². The molecule has 1 aliphatic heterocycles. The number of aliphatic carboxylic acids is 1. The molecule has 0 unspecified atom stereocenters. The van der Waals surface area contributed by atoms with Crippen LogP contribution in [-0.2, 0) is 4.79 Å². The molecule has 3 aromatic rings. The molecule has 0 radical (unpaired) electrons. The van der Waals surface area contributed by atoms with E-state index in [1.807, 2.05) is 42.1 Å². The van der Waals surface area contributed by atoms with Crippen LogP contribution in [0.4, 0.5) is 0 Å². The van der Waals surface area contributed by atoms with E-state index in [1.54, 1.807) is 20.4 Å². The average molecular weight is 573 g/mol. The number of pyridine rings is 1. The molecule has 1 atom stereocenters. The van der Waals surface area contributed by atoms with E-state index in [0.29, 0.717) is 29.2 Å². The zero-order valence-electron chi connectivity index (χ0n) is 22.6. The van der Waals surface area contributed by atoms with Crippen molar-refractivity contribution in [2.24, 2.45) is 5.41 Å². The molecule has 0 aliphatic carbocycles. The molecule has 0 spiro atoms. The molecule has 2 aromatic carbocycles. The Morgan fingerprint density at radius 1 is 1.13 bits per heavy atom. The number of ether oxygens (including phenoxy) is 2. The number of nitrogens with zero attached hydrogens (tertiary/aromatic N) is 2. The minimum Gasteiger partial charge on any atom is -0.497 e. The molecule has 7 nitrogen and oxygen atoms in total. The lowest BCUT2D eigenvalue weighted by atomic mass is 9.71. The minimum absolute atomic E-state index is 0.111. The molecule has 1 aromatic heterocycles. The summed E-state index contributed by atoms with van der Waals surface area (Å²) in [5, 5.41) is 22.1. The van der Waals surface area contributed by atoms with Gasteiger partial charge in [-0.2, -0.15) is 0 Å². The Balaban J connectivity index is 1.33. The molecule has 210 valence electrons. The second kappa shape index (κ2) is 13.7. The van der Waals surface area contributed by atoms with Crippen molar-refractivity contribution in [1.82, 2.24) is 9.88 Å². The fourth-order valence-electron chi connectivity index (χ4n) is 5.46. The van der Waals surface area contributed by atoms with Gasteiger partial charge in [0.1, 0.15) is 11.5 Å². The lowest BCUT2D eigenvalue weighted by Gasteiger charge is -2.41. The van der Waals surface area contributed by atoms with Gasteiger partial charge in [0, 0.05) is 22.0 Å². The van der Waals surface area contributed by atoms with Crippen molar-refractivity contribution in [1.29, 1.82) is 0 Å². The Hall–Kier alpha value is -2.52. The molecule has 2 heterocycles. The summed E-state index contributed by atoms with van der Waals surface area (Å²) in [5.74, 6) is 1.77. The number of rotatable bonds is 13. The Morgan fingerprint density at radius 3 is 2.49 bits per heavy atom. The maximum atomic E-state index is 11.8. The normalized spacial score (nSPS) is 16.2. The van der Waals surface area contributed by atoms with E-state index in [1.165, 1.54) is 4.90 Å². The van der Waals surface area contributed by atoms with Gasteiger partial charge in [0.25, 0.3) is 0 Å². The monoisotopic (exact) mass is 572 g/mol. The topological polar surface area (TPSA) is 92.1 Å². The van der Waals surface area contributed by atoms with Crippen LogP contribution in [0.2, 0.25) is 5.02 Å². The summed E-state index contributed by atoms with van der Waals surface area (Å²) >= 11 is 8.33. The first-order chi connectivity index (χ1) is 18.8. The van der Waals surface area contributed by atoms with Crippen LogP contribution in [0.1, 0.15) is 50.2 Å². The smallest absolute Gasteiger partial charge is 0.303 e. The van der Waals surface area contributed by atoms with Crippen LogP contribution < -0.4 is 9.47 Å². The molecule has 0 amide bonds. The summed E-state index contributed by atoms with van der Waals surface area (Å²) in [6, 6.07) is 13.6. The van der Waals surface area contributed by atoms with Crippen LogP contribution in [-0.4, -0.2) is 65.7 Å². The summed E-state index contributed by atoms with van der Waals surface area (Å²) in [5.41, 5.74) is 1.01. The number of benzene rings is 2. The number of aliphatic hydroxyl groups excluding tert-OH is 1. The van der Waals surface area contributed by atoms with Gasteiger partial charge in [0.05, 0.1) is 37.3 Å². The molecular weight excluding hydrogens is 536 g/mol. The third-order valence-corrected chi connectivity index (χ3v) is 9.14. The van der Waals surface area contributed by atoms with E-state index in [2.05, 4.69) is 22.0 Å². The fraction of sp³-hybridized carbons (Fsp3) is 0.467. The van der Waals surface area contributed by atoms with Crippen LogP contribution >= 0.6 is 23.4 Å². The number of halogens is 1. The first kappa shape index (κ1) is 29.5. The Kier molecular flexibility index (Phi) is 10.4. The highest BCUT2D eigenvalue weighted by Gasteiger charge is 2.37. The predicted octanol–water partition coefficient (Wildman–Crippen LogP) is 6.46. The van der Waals surface area contributed by atoms with E-state index in [-0.39, 0.29) is 11.8 Å². The molecule has 39 heavy (non-hydrogen) atoms. The molecular formula is C30H37ClN2O5S. The third-order valence-electron chi connectivity index (χ3n) is 7.74. The summed E-state index contributed by atoms with van der Waals surface area (Å²) in [4.78, 5) is 19.9. The number of hydrogen-bond acceptors (Lipinski definition) is 7. The van der Waals surface area contributed by atoms with Gasteiger partial charge in [-0.3, -0.25) is 9.78 Å². The van der Waals surface area contributed by atoms with Crippen LogP contribution in [0.15, 0.2) is 53.6 Å². The second-order valence-electron chi connectivity index (χ2n) is 10.2. The number of methoxy groups -OCH3 is 2. The van der Waals surface area contributed by atoms with Crippen LogP contribution in [0.3, 0.4) is 0 Å². The van der Waals surface area contributed by atoms with Gasteiger partial charge in [0.2, 0.25) is 0 Å². The van der Waals surface area contributed by atoms with Gasteiger partial charge in [-0.1, -0.05) is 11.6 Å². The zero-order chi connectivity index (χ0) is 27.8. The average Bonchev–Trinajstić information content (AvgIpc) is 2.94. The van der Waals surface area contributed by atoms with Crippen molar-refractivity contribution in [3.63, 3.8) is 0 Å². The number of likely N-dealkylation sites (tertiary alicyclic amines) is 1. The zero-order valence-corrected chi connectivity index (χ0v) is 24.1. The minimum atomic E-state index is -0.825. The first-order valence-corrected chi connectivity index (χ1v) is 14.7. The highest BCUT2D eigenvalue weighted by molar-refractivity contribution is 7.99. The number of aliphatic hydroxyl groups is 1. The molecule has 0 saturated carbocycles. The van der Waals surface area contributed by atoms with E-state index in [0.717, 1.165) is 61.3 Å². The Labute approximate surface area is 239 Å². The SMILES string of the molecule is COc1ccc(SCCCN2CCC(CC[C@@H](O)c3c(Cl)cnc4ccc(OC)cc34)(CC(=O)O)CC2)cc1. The van der Waals surface area contributed by atoms with Crippen molar-refractivity contribution >= 4 is 40.2 Å². The molecule has 2 N–H and O–H groups in total. The molecule has 1 fully saturated rings. The van der Waals surface area contributed by atoms with Crippen molar-refractivity contribution in [3.05, 3.63) is 59.2 Å². The summed E-state index contributed by atoms with van der Waals surface area (Å²) in [7, 11) is 3.26. The highest BCUT2D eigenvalue weighted by Crippen LogP contribution is 2.43. The predicted molar refractivity (Wildman–Crippen MR) is 156 cm³/mol. The summed E-state index contributed by atoms with van der Waals surface area (Å²) in [6.45, 7) is 2.73. The number of carboxylic acids is 1. The number of hydrogen-bond donors (Lipinski definition) is 2. The number of carbonyl (C=O) groups is 1. The van der Waals surface area contributed by atoms with E-state index in [4.69, 9.17) is 21.1 Å². The largest absolute Gasteiger partial charge is 0.497 e. The number of thioether (sulfide) groups is 1. The van der Waals surface area contributed by atoms with Crippen molar-refractivity contribution < 1.29 is 24.5 Å². The number of piperidine rings is 1. The van der Waals surface area contributed by atoms with Crippen LogP contribution in [0, 0.1) is 5.41 Å². The number of carboxylic acid groups (broad SMARTS) is 1. The Morgan fingerprint density at radius 2 is 1.82 bits per heavy atom. The summed E-state index contributed by atoms with van der Waals surface area (Å²) in [6.07, 6.45) is 4.57. The molecule has 1 aliphatic rings. The molecule has 0 bridgehead atoms. The van der Waals surface area contributed by atoms with E-state index >= 15 is 0 Å². The van der Waals surface area contributed by atoms with Gasteiger partial charge < -0.3 is 24.6 Å². The van der Waals surface area contributed by atoms with E-state index in [9.17, 15) is 15.0 Å². The quantitative estimate of drug-likeness (QED) is 0.178.